The van der Waals surface area contributed by atoms with E-state index in [-0.39, 0.29) is 13.2 Å². The molecule has 0 heterocycles. The summed E-state index contributed by atoms with van der Waals surface area (Å²) in [5.41, 5.74) is 3.81. The molecule has 4 aromatic rings. The van der Waals surface area contributed by atoms with E-state index in [1.807, 2.05) is 84.9 Å². The van der Waals surface area contributed by atoms with Gasteiger partial charge in [0.2, 0.25) is 0 Å². The highest BCUT2D eigenvalue weighted by Crippen LogP contribution is 2.43. The Balaban J connectivity index is 1.47. The zero-order chi connectivity index (χ0) is 23.3. The van der Waals surface area contributed by atoms with E-state index in [1.165, 1.54) is 0 Å². The number of hydrogen-bond donors (Lipinski definition) is 2. The van der Waals surface area contributed by atoms with Gasteiger partial charge in [0.05, 0.1) is 0 Å². The van der Waals surface area contributed by atoms with Gasteiger partial charge >= 0.3 is 0 Å². The van der Waals surface area contributed by atoms with Crippen LogP contribution in [0.5, 0.6) is 11.5 Å². The minimum absolute atomic E-state index is 0.164. The minimum Gasteiger partial charge on any atom is -0.490 e. The Labute approximate surface area is 199 Å². The fourth-order valence-corrected chi connectivity index (χ4v) is 4.51. The summed E-state index contributed by atoms with van der Waals surface area (Å²) in [6.45, 7) is 0.328. The number of aliphatic hydroxyl groups is 2. The summed E-state index contributed by atoms with van der Waals surface area (Å²) in [5, 5.41) is 23.2. The molecule has 4 heteroatoms. The molecular weight excluding hydrogens is 424 g/mol. The standard InChI is InChI=1S/C30H28O4/c31-27(21-11-3-1-4-12-21)19-33-29-23-15-7-9-17-25(23)30(26-18-10-8-16-24(26)29)34-20-28(32)22-13-5-2-6-14-22/h1-15,17,27-28,31-32H,16,18-20H2. The van der Waals surface area contributed by atoms with Crippen LogP contribution in [0.1, 0.15) is 34.5 Å². The predicted octanol–water partition coefficient (Wildman–Crippen LogP) is 5.72. The molecule has 0 bridgehead atoms. The fraction of sp³-hybridized carbons (Fsp3) is 0.200. The molecule has 0 aromatic heterocycles. The number of rotatable bonds is 8. The average molecular weight is 453 g/mol. The van der Waals surface area contributed by atoms with E-state index in [1.54, 1.807) is 0 Å². The molecule has 1 aliphatic carbocycles. The van der Waals surface area contributed by atoms with Crippen LogP contribution in [0.15, 0.2) is 97.1 Å². The van der Waals surface area contributed by atoms with Crippen molar-refractivity contribution in [1.29, 1.82) is 0 Å². The van der Waals surface area contributed by atoms with Crippen LogP contribution in [0, 0.1) is 0 Å². The zero-order valence-electron chi connectivity index (χ0n) is 18.9. The van der Waals surface area contributed by atoms with Crippen molar-refractivity contribution in [3.63, 3.8) is 0 Å². The number of benzene rings is 4. The minimum atomic E-state index is -0.716. The molecule has 0 fully saturated rings. The molecule has 1 aliphatic rings. The van der Waals surface area contributed by atoms with Crippen LogP contribution < -0.4 is 9.47 Å². The van der Waals surface area contributed by atoms with Gasteiger partial charge in [-0.25, -0.2) is 0 Å². The number of allylic oxidation sites excluding steroid dienone is 2. The first-order chi connectivity index (χ1) is 16.7. The Bertz CT molecular complexity index is 1180. The Morgan fingerprint density at radius 1 is 0.559 bits per heavy atom. The molecule has 2 N–H and O–H groups in total. The van der Waals surface area contributed by atoms with Gasteiger partial charge in [-0.2, -0.15) is 0 Å². The smallest absolute Gasteiger partial charge is 0.131 e. The molecule has 0 radical (unpaired) electrons. The molecule has 5 rings (SSSR count). The molecule has 2 unspecified atom stereocenters. The van der Waals surface area contributed by atoms with Crippen molar-refractivity contribution in [3.8, 4) is 11.5 Å². The second-order valence-corrected chi connectivity index (χ2v) is 8.52. The lowest BCUT2D eigenvalue weighted by atomic mass is 9.90. The summed E-state index contributed by atoms with van der Waals surface area (Å²) in [6.07, 6.45) is 4.31. The SMILES string of the molecule is OC(COc1c2c(c(OCC(O)c3ccccc3)c3ccccc13)CC=CC2)c1ccccc1. The first-order valence-corrected chi connectivity index (χ1v) is 11.7. The zero-order valence-corrected chi connectivity index (χ0v) is 18.9. The fourth-order valence-electron chi connectivity index (χ4n) is 4.51. The lowest BCUT2D eigenvalue weighted by molar-refractivity contribution is 0.106. The van der Waals surface area contributed by atoms with Crippen molar-refractivity contribution < 1.29 is 19.7 Å². The van der Waals surface area contributed by atoms with Crippen LogP contribution >= 0.6 is 0 Å². The third kappa shape index (κ3) is 4.56. The number of aliphatic hydroxyl groups excluding tert-OH is 2. The highest BCUT2D eigenvalue weighted by atomic mass is 16.5. The van der Waals surface area contributed by atoms with E-state index in [9.17, 15) is 10.2 Å². The molecule has 172 valence electrons. The van der Waals surface area contributed by atoms with Crippen molar-refractivity contribution in [3.05, 3.63) is 119 Å². The van der Waals surface area contributed by atoms with E-state index in [0.29, 0.717) is 0 Å². The van der Waals surface area contributed by atoms with Crippen LogP contribution in [0.4, 0.5) is 0 Å². The van der Waals surface area contributed by atoms with Crippen molar-refractivity contribution >= 4 is 10.8 Å². The van der Waals surface area contributed by atoms with E-state index in [2.05, 4.69) is 12.2 Å². The third-order valence-electron chi connectivity index (χ3n) is 6.28. The van der Waals surface area contributed by atoms with Gasteiger partial charge in [-0.1, -0.05) is 97.1 Å². The summed E-state index contributed by atoms with van der Waals surface area (Å²) in [4.78, 5) is 0. The van der Waals surface area contributed by atoms with Crippen molar-refractivity contribution in [2.24, 2.45) is 0 Å². The molecule has 4 aromatic carbocycles. The first kappa shape index (κ1) is 22.2. The molecule has 0 saturated heterocycles. The largest absolute Gasteiger partial charge is 0.490 e. The highest BCUT2D eigenvalue weighted by Gasteiger charge is 2.23. The van der Waals surface area contributed by atoms with E-state index in [4.69, 9.17) is 9.47 Å². The second-order valence-electron chi connectivity index (χ2n) is 8.52. The molecular formula is C30H28O4. The summed E-state index contributed by atoms with van der Waals surface area (Å²) < 4.78 is 12.6. The number of fused-ring (bicyclic) bond motifs is 2. The van der Waals surface area contributed by atoms with Crippen LogP contribution in [-0.2, 0) is 12.8 Å². The Hall–Kier alpha value is -3.60. The summed E-state index contributed by atoms with van der Waals surface area (Å²) in [5.74, 6) is 1.58. The lowest BCUT2D eigenvalue weighted by Crippen LogP contribution is -2.15. The molecule has 4 nitrogen and oxygen atoms in total. The maximum atomic E-state index is 10.7. The average Bonchev–Trinajstić information content (AvgIpc) is 2.91. The summed E-state index contributed by atoms with van der Waals surface area (Å²) >= 11 is 0. The summed E-state index contributed by atoms with van der Waals surface area (Å²) in [7, 11) is 0. The Morgan fingerprint density at radius 2 is 0.941 bits per heavy atom. The molecule has 2 atom stereocenters. The van der Waals surface area contributed by atoms with Crippen molar-refractivity contribution in [2.75, 3.05) is 13.2 Å². The summed E-state index contributed by atoms with van der Waals surface area (Å²) in [6, 6.07) is 27.1. The lowest BCUT2D eigenvalue weighted by Gasteiger charge is -2.25. The Kier molecular flexibility index (Phi) is 6.61. The molecule has 0 amide bonds. The second kappa shape index (κ2) is 10.1. The van der Waals surface area contributed by atoms with Crippen LogP contribution in [-0.4, -0.2) is 23.4 Å². The maximum Gasteiger partial charge on any atom is 0.131 e. The molecule has 0 aliphatic heterocycles. The van der Waals surface area contributed by atoms with Gasteiger partial charge in [0.25, 0.3) is 0 Å². The Morgan fingerprint density at radius 3 is 1.35 bits per heavy atom. The number of ether oxygens (including phenoxy) is 2. The van der Waals surface area contributed by atoms with E-state index < -0.39 is 12.2 Å². The molecule has 0 saturated carbocycles. The predicted molar refractivity (Wildman–Crippen MR) is 134 cm³/mol. The monoisotopic (exact) mass is 452 g/mol. The van der Waals surface area contributed by atoms with Gasteiger partial charge in [0.1, 0.15) is 36.9 Å². The number of hydrogen-bond acceptors (Lipinski definition) is 4. The van der Waals surface area contributed by atoms with Gasteiger partial charge in [0, 0.05) is 21.9 Å². The highest BCUT2D eigenvalue weighted by molar-refractivity contribution is 5.96. The van der Waals surface area contributed by atoms with Gasteiger partial charge in [-0.3, -0.25) is 0 Å². The third-order valence-corrected chi connectivity index (χ3v) is 6.28. The molecule has 34 heavy (non-hydrogen) atoms. The van der Waals surface area contributed by atoms with E-state index in [0.717, 1.165) is 57.4 Å². The quantitative estimate of drug-likeness (QED) is 0.336. The van der Waals surface area contributed by atoms with Gasteiger partial charge < -0.3 is 19.7 Å². The first-order valence-electron chi connectivity index (χ1n) is 11.7. The van der Waals surface area contributed by atoms with Crippen LogP contribution in [0.3, 0.4) is 0 Å². The maximum absolute atomic E-state index is 10.7. The molecule has 0 spiro atoms. The van der Waals surface area contributed by atoms with Crippen LogP contribution in [0.2, 0.25) is 0 Å². The van der Waals surface area contributed by atoms with Gasteiger partial charge in [-0.15, -0.1) is 0 Å². The normalized spacial score (nSPS) is 14.4. The van der Waals surface area contributed by atoms with Crippen molar-refractivity contribution in [2.45, 2.75) is 25.0 Å². The van der Waals surface area contributed by atoms with Gasteiger partial charge in [0.15, 0.2) is 0 Å². The van der Waals surface area contributed by atoms with E-state index >= 15 is 0 Å². The van der Waals surface area contributed by atoms with Gasteiger partial charge in [-0.05, 0) is 24.0 Å². The van der Waals surface area contributed by atoms with Crippen molar-refractivity contribution in [1.82, 2.24) is 0 Å². The van der Waals surface area contributed by atoms with Crippen LogP contribution in [0.25, 0.3) is 10.8 Å². The topological polar surface area (TPSA) is 58.9 Å².